The first kappa shape index (κ1) is 12.4. The van der Waals surface area contributed by atoms with Crippen LogP contribution in [0.1, 0.15) is 23.4 Å². The van der Waals surface area contributed by atoms with Crippen LogP contribution in [-0.2, 0) is 6.54 Å². The lowest BCUT2D eigenvalue weighted by Gasteiger charge is -2.14. The highest BCUT2D eigenvalue weighted by Gasteiger charge is 2.06. The van der Waals surface area contributed by atoms with E-state index in [1.165, 1.54) is 10.4 Å². The number of nitrogen functional groups attached to an aromatic ring is 1. The predicted octanol–water partition coefficient (Wildman–Crippen LogP) is 3.83. The van der Waals surface area contributed by atoms with Gasteiger partial charge in [-0.3, -0.25) is 0 Å². The van der Waals surface area contributed by atoms with Crippen molar-refractivity contribution in [3.8, 4) is 0 Å². The van der Waals surface area contributed by atoms with Crippen molar-refractivity contribution < 1.29 is 0 Å². The van der Waals surface area contributed by atoms with Crippen molar-refractivity contribution in [3.05, 3.63) is 51.2 Å². The van der Waals surface area contributed by atoms with Crippen molar-refractivity contribution in [1.29, 1.82) is 0 Å². The van der Waals surface area contributed by atoms with E-state index in [1.54, 1.807) is 11.3 Å². The lowest BCUT2D eigenvalue weighted by molar-refractivity contribution is 0.579. The van der Waals surface area contributed by atoms with Gasteiger partial charge in [-0.25, -0.2) is 0 Å². The van der Waals surface area contributed by atoms with Gasteiger partial charge in [-0.15, -0.1) is 11.3 Å². The number of hydrogen-bond donors (Lipinski definition) is 2. The van der Waals surface area contributed by atoms with Crippen LogP contribution in [-0.4, -0.2) is 0 Å². The van der Waals surface area contributed by atoms with Crippen LogP contribution in [0.2, 0.25) is 5.02 Å². The van der Waals surface area contributed by atoms with Gasteiger partial charge in [0, 0.05) is 28.2 Å². The predicted molar refractivity (Wildman–Crippen MR) is 75.4 cm³/mol. The molecule has 0 aliphatic carbocycles. The smallest absolute Gasteiger partial charge is 0.0468 e. The van der Waals surface area contributed by atoms with Gasteiger partial charge in [-0.05, 0) is 36.1 Å². The maximum absolute atomic E-state index is 5.86. The number of rotatable bonds is 4. The molecule has 90 valence electrons. The molecule has 1 atom stereocenters. The van der Waals surface area contributed by atoms with Crippen LogP contribution in [0, 0.1) is 0 Å². The molecule has 0 saturated heterocycles. The summed E-state index contributed by atoms with van der Waals surface area (Å²) < 4.78 is 0. The number of nitrogens with two attached hydrogens (primary N) is 1. The Hall–Kier alpha value is -1.03. The van der Waals surface area contributed by atoms with Crippen molar-refractivity contribution in [1.82, 2.24) is 5.32 Å². The molecule has 1 aromatic carbocycles. The molecule has 0 radical (unpaired) electrons. The molecule has 1 aromatic heterocycles. The van der Waals surface area contributed by atoms with Crippen LogP contribution >= 0.6 is 22.9 Å². The van der Waals surface area contributed by atoms with E-state index < -0.39 is 0 Å². The molecule has 0 aliphatic rings. The fourth-order valence-electron chi connectivity index (χ4n) is 1.61. The molecule has 2 aromatic rings. The van der Waals surface area contributed by atoms with E-state index in [0.717, 1.165) is 17.3 Å². The molecule has 0 fully saturated rings. The van der Waals surface area contributed by atoms with Crippen molar-refractivity contribution in [2.24, 2.45) is 0 Å². The topological polar surface area (TPSA) is 38.0 Å². The Balaban J connectivity index is 1.95. The molecular formula is C13H15ClN2S. The van der Waals surface area contributed by atoms with Crippen LogP contribution in [0.3, 0.4) is 0 Å². The molecule has 0 amide bonds. The maximum Gasteiger partial charge on any atom is 0.0468 e. The van der Waals surface area contributed by atoms with Gasteiger partial charge in [-0.1, -0.05) is 23.7 Å². The highest BCUT2D eigenvalue weighted by molar-refractivity contribution is 7.10. The fraction of sp³-hybridized carbons (Fsp3) is 0.231. The third-order valence-corrected chi connectivity index (χ3v) is 3.91. The first-order chi connectivity index (χ1) is 8.16. The van der Waals surface area contributed by atoms with Gasteiger partial charge in [0.15, 0.2) is 0 Å². The third kappa shape index (κ3) is 3.22. The summed E-state index contributed by atoms with van der Waals surface area (Å²) in [6, 6.07) is 10.1. The minimum absolute atomic E-state index is 0.286. The van der Waals surface area contributed by atoms with Crippen LogP contribution in [0.15, 0.2) is 35.7 Å². The average molecular weight is 267 g/mol. The first-order valence-electron chi connectivity index (χ1n) is 5.47. The zero-order chi connectivity index (χ0) is 12.3. The molecule has 1 heterocycles. The number of halogens is 1. The van der Waals surface area contributed by atoms with Gasteiger partial charge in [0.2, 0.25) is 0 Å². The zero-order valence-corrected chi connectivity index (χ0v) is 11.2. The van der Waals surface area contributed by atoms with Crippen molar-refractivity contribution in [3.63, 3.8) is 0 Å². The molecule has 0 bridgehead atoms. The Morgan fingerprint density at radius 1 is 1.29 bits per heavy atom. The van der Waals surface area contributed by atoms with Gasteiger partial charge in [0.25, 0.3) is 0 Å². The Kier molecular flexibility index (Phi) is 4.05. The summed E-state index contributed by atoms with van der Waals surface area (Å²) in [5.41, 5.74) is 7.93. The molecule has 2 rings (SSSR count). The second-order valence-corrected chi connectivity index (χ2v) is 5.39. The van der Waals surface area contributed by atoms with Gasteiger partial charge in [0.05, 0.1) is 0 Å². The number of thiophene rings is 1. The molecule has 0 aliphatic heterocycles. The molecule has 4 heteroatoms. The SMILES string of the molecule is CC(NCc1sccc1N)c1ccc(Cl)cc1. The standard InChI is InChI=1S/C13H15ClN2S/c1-9(10-2-4-11(14)5-3-10)16-8-13-12(15)6-7-17-13/h2-7,9,16H,8,15H2,1H3. The monoisotopic (exact) mass is 266 g/mol. The minimum Gasteiger partial charge on any atom is -0.398 e. The van der Waals surface area contributed by atoms with E-state index in [2.05, 4.69) is 12.2 Å². The summed E-state index contributed by atoms with van der Waals surface area (Å²) in [7, 11) is 0. The van der Waals surface area contributed by atoms with Crippen LogP contribution in [0.25, 0.3) is 0 Å². The Labute approximate surface area is 110 Å². The molecule has 3 N–H and O–H groups in total. The van der Waals surface area contributed by atoms with E-state index in [0.29, 0.717) is 0 Å². The summed E-state index contributed by atoms with van der Waals surface area (Å²) in [5, 5.41) is 6.23. The second kappa shape index (κ2) is 5.54. The van der Waals surface area contributed by atoms with Crippen molar-refractivity contribution >= 4 is 28.6 Å². The fourth-order valence-corrected chi connectivity index (χ4v) is 2.48. The molecule has 1 unspecified atom stereocenters. The summed E-state index contributed by atoms with van der Waals surface area (Å²) in [6.07, 6.45) is 0. The van der Waals surface area contributed by atoms with Crippen LogP contribution in [0.5, 0.6) is 0 Å². The Morgan fingerprint density at radius 2 is 2.00 bits per heavy atom. The number of benzene rings is 1. The quantitative estimate of drug-likeness (QED) is 0.883. The van der Waals surface area contributed by atoms with E-state index in [4.69, 9.17) is 17.3 Å². The van der Waals surface area contributed by atoms with Crippen molar-refractivity contribution in [2.75, 3.05) is 5.73 Å². The van der Waals surface area contributed by atoms with Gasteiger partial charge < -0.3 is 11.1 Å². The largest absolute Gasteiger partial charge is 0.398 e. The summed E-state index contributed by atoms with van der Waals surface area (Å²) in [6.45, 7) is 2.93. The second-order valence-electron chi connectivity index (χ2n) is 3.95. The lowest BCUT2D eigenvalue weighted by Crippen LogP contribution is -2.17. The minimum atomic E-state index is 0.286. The summed E-state index contributed by atoms with van der Waals surface area (Å²) >= 11 is 7.54. The van der Waals surface area contributed by atoms with Crippen LogP contribution in [0.4, 0.5) is 5.69 Å². The number of anilines is 1. The van der Waals surface area contributed by atoms with Gasteiger partial charge in [0.1, 0.15) is 0 Å². The number of hydrogen-bond acceptors (Lipinski definition) is 3. The van der Waals surface area contributed by atoms with Crippen molar-refractivity contribution in [2.45, 2.75) is 19.5 Å². The zero-order valence-electron chi connectivity index (χ0n) is 9.61. The van der Waals surface area contributed by atoms with E-state index in [1.807, 2.05) is 35.7 Å². The van der Waals surface area contributed by atoms with E-state index in [9.17, 15) is 0 Å². The van der Waals surface area contributed by atoms with E-state index >= 15 is 0 Å². The maximum atomic E-state index is 5.86. The van der Waals surface area contributed by atoms with Gasteiger partial charge >= 0.3 is 0 Å². The molecule has 17 heavy (non-hydrogen) atoms. The highest BCUT2D eigenvalue weighted by atomic mass is 35.5. The van der Waals surface area contributed by atoms with E-state index in [-0.39, 0.29) is 6.04 Å². The Bertz CT molecular complexity index is 478. The highest BCUT2D eigenvalue weighted by Crippen LogP contribution is 2.21. The molecular weight excluding hydrogens is 252 g/mol. The average Bonchev–Trinajstić information content (AvgIpc) is 2.73. The first-order valence-corrected chi connectivity index (χ1v) is 6.73. The summed E-state index contributed by atoms with van der Waals surface area (Å²) in [4.78, 5) is 1.19. The third-order valence-electron chi connectivity index (χ3n) is 2.72. The molecule has 0 spiro atoms. The Morgan fingerprint density at radius 3 is 2.59 bits per heavy atom. The van der Waals surface area contributed by atoms with Crippen LogP contribution < -0.4 is 11.1 Å². The molecule has 0 saturated carbocycles. The summed E-state index contributed by atoms with van der Waals surface area (Å²) in [5.74, 6) is 0. The van der Waals surface area contributed by atoms with Gasteiger partial charge in [-0.2, -0.15) is 0 Å². The molecule has 2 nitrogen and oxygen atoms in total. The normalized spacial score (nSPS) is 12.6. The lowest BCUT2D eigenvalue weighted by atomic mass is 10.1. The number of nitrogens with one attached hydrogen (secondary N) is 1.